The molecule has 0 aromatic heterocycles. The summed E-state index contributed by atoms with van der Waals surface area (Å²) >= 11 is 0. The van der Waals surface area contributed by atoms with E-state index in [1.807, 2.05) is 30.3 Å². The van der Waals surface area contributed by atoms with Crippen LogP contribution < -0.4 is 4.74 Å². The van der Waals surface area contributed by atoms with E-state index in [1.54, 1.807) is 0 Å². The van der Waals surface area contributed by atoms with E-state index in [9.17, 15) is 5.26 Å². The summed E-state index contributed by atoms with van der Waals surface area (Å²) in [5.41, 5.74) is -0.0856. The summed E-state index contributed by atoms with van der Waals surface area (Å²) in [4.78, 5) is 0. The number of nitriles is 1. The van der Waals surface area contributed by atoms with Crippen molar-refractivity contribution >= 4 is 0 Å². The average molecular weight is 257 g/mol. The molecule has 2 nitrogen and oxygen atoms in total. The van der Waals surface area contributed by atoms with Gasteiger partial charge >= 0.3 is 0 Å². The molecule has 1 saturated carbocycles. The molecule has 0 amide bonds. The summed E-state index contributed by atoms with van der Waals surface area (Å²) < 4.78 is 5.70. The second kappa shape index (κ2) is 6.61. The van der Waals surface area contributed by atoms with Crippen LogP contribution in [0.5, 0.6) is 5.75 Å². The van der Waals surface area contributed by atoms with Crippen molar-refractivity contribution in [2.45, 2.75) is 45.4 Å². The molecule has 2 heteroatoms. The summed E-state index contributed by atoms with van der Waals surface area (Å²) in [6.45, 7) is 2.98. The summed E-state index contributed by atoms with van der Waals surface area (Å²) in [6.07, 6.45) is 6.56. The Balaban J connectivity index is 1.76. The van der Waals surface area contributed by atoms with Gasteiger partial charge in [-0.15, -0.1) is 0 Å². The summed E-state index contributed by atoms with van der Waals surface area (Å²) in [7, 11) is 0. The fourth-order valence-corrected chi connectivity index (χ4v) is 3.16. The van der Waals surface area contributed by atoms with Crippen LogP contribution in [0.3, 0.4) is 0 Å². The molecule has 0 heterocycles. The van der Waals surface area contributed by atoms with E-state index >= 15 is 0 Å². The molecule has 1 fully saturated rings. The van der Waals surface area contributed by atoms with Crippen LogP contribution in [0.2, 0.25) is 0 Å². The lowest BCUT2D eigenvalue weighted by molar-refractivity contribution is 0.179. The highest BCUT2D eigenvalue weighted by molar-refractivity contribution is 5.20. The molecule has 1 aromatic carbocycles. The zero-order valence-corrected chi connectivity index (χ0v) is 11.8. The average Bonchev–Trinajstić information content (AvgIpc) is 2.45. The molecule has 0 N–H and O–H groups in total. The molecule has 2 atom stereocenters. The van der Waals surface area contributed by atoms with E-state index < -0.39 is 0 Å². The molecule has 1 aliphatic carbocycles. The van der Waals surface area contributed by atoms with Crippen molar-refractivity contribution in [2.75, 3.05) is 6.61 Å². The quantitative estimate of drug-likeness (QED) is 0.724. The standard InChI is InChI=1S/C17H23NO/c1-15-7-5-10-17(13-15,14-18)11-6-12-19-16-8-3-2-4-9-16/h2-4,8-9,15H,5-7,10-13H2,1H3. The molecule has 2 unspecified atom stereocenters. The SMILES string of the molecule is CC1CCCC(C#N)(CCCOc2ccccc2)C1. The van der Waals surface area contributed by atoms with Crippen molar-refractivity contribution in [3.8, 4) is 11.8 Å². The van der Waals surface area contributed by atoms with Crippen LogP contribution in [-0.2, 0) is 0 Å². The van der Waals surface area contributed by atoms with Crippen molar-refractivity contribution < 1.29 is 4.74 Å². The molecular weight excluding hydrogens is 234 g/mol. The lowest BCUT2D eigenvalue weighted by Gasteiger charge is -2.34. The lowest BCUT2D eigenvalue weighted by Crippen LogP contribution is -2.26. The van der Waals surface area contributed by atoms with Gasteiger partial charge in [0, 0.05) is 0 Å². The Morgan fingerprint density at radius 1 is 1.37 bits per heavy atom. The first-order chi connectivity index (χ1) is 9.24. The van der Waals surface area contributed by atoms with Gasteiger partial charge in [-0.25, -0.2) is 0 Å². The van der Waals surface area contributed by atoms with E-state index in [0.29, 0.717) is 12.5 Å². The third kappa shape index (κ3) is 3.99. The maximum Gasteiger partial charge on any atom is 0.119 e. The molecule has 0 aliphatic heterocycles. The van der Waals surface area contributed by atoms with Crippen LogP contribution in [0, 0.1) is 22.7 Å². The first-order valence-electron chi connectivity index (χ1n) is 7.33. The van der Waals surface area contributed by atoms with Crippen LogP contribution in [0.1, 0.15) is 45.4 Å². The number of nitrogens with zero attached hydrogens (tertiary/aromatic N) is 1. The molecular formula is C17H23NO. The van der Waals surface area contributed by atoms with Crippen molar-refractivity contribution in [1.29, 1.82) is 5.26 Å². The predicted octanol–water partition coefficient (Wildman–Crippen LogP) is 4.57. The Labute approximate surface area is 116 Å². The van der Waals surface area contributed by atoms with Crippen LogP contribution >= 0.6 is 0 Å². The Bertz CT molecular complexity index is 423. The van der Waals surface area contributed by atoms with Crippen LogP contribution in [0.15, 0.2) is 30.3 Å². The predicted molar refractivity (Wildman–Crippen MR) is 76.8 cm³/mol. The molecule has 0 saturated heterocycles. The molecule has 102 valence electrons. The number of hydrogen-bond acceptors (Lipinski definition) is 2. The Morgan fingerprint density at radius 2 is 2.16 bits per heavy atom. The van der Waals surface area contributed by atoms with E-state index in [2.05, 4.69) is 13.0 Å². The number of para-hydroxylation sites is 1. The zero-order valence-electron chi connectivity index (χ0n) is 11.8. The highest BCUT2D eigenvalue weighted by Crippen LogP contribution is 2.42. The van der Waals surface area contributed by atoms with Crippen molar-refractivity contribution in [3.63, 3.8) is 0 Å². The van der Waals surface area contributed by atoms with Gasteiger partial charge in [0.15, 0.2) is 0 Å². The van der Waals surface area contributed by atoms with Gasteiger partial charge in [0.25, 0.3) is 0 Å². The minimum absolute atomic E-state index is 0.0856. The highest BCUT2D eigenvalue weighted by atomic mass is 16.5. The van der Waals surface area contributed by atoms with Gasteiger partial charge in [0.05, 0.1) is 18.1 Å². The maximum absolute atomic E-state index is 9.48. The van der Waals surface area contributed by atoms with Gasteiger partial charge < -0.3 is 4.74 Å². The van der Waals surface area contributed by atoms with Gasteiger partial charge in [-0.3, -0.25) is 0 Å². The molecule has 0 radical (unpaired) electrons. The minimum Gasteiger partial charge on any atom is -0.494 e. The first-order valence-corrected chi connectivity index (χ1v) is 7.33. The van der Waals surface area contributed by atoms with Crippen molar-refractivity contribution in [1.82, 2.24) is 0 Å². The van der Waals surface area contributed by atoms with Gasteiger partial charge in [-0.2, -0.15) is 5.26 Å². The topological polar surface area (TPSA) is 33.0 Å². The summed E-state index contributed by atoms with van der Waals surface area (Å²) in [5, 5.41) is 9.48. The van der Waals surface area contributed by atoms with E-state index in [0.717, 1.165) is 31.4 Å². The molecule has 19 heavy (non-hydrogen) atoms. The second-order valence-electron chi connectivity index (χ2n) is 5.86. The number of benzene rings is 1. The molecule has 1 aliphatic rings. The third-order valence-corrected chi connectivity index (χ3v) is 4.14. The van der Waals surface area contributed by atoms with Gasteiger partial charge in [0.1, 0.15) is 5.75 Å². The number of rotatable bonds is 5. The van der Waals surface area contributed by atoms with Crippen LogP contribution in [0.25, 0.3) is 0 Å². The number of hydrogen-bond donors (Lipinski definition) is 0. The van der Waals surface area contributed by atoms with E-state index in [1.165, 1.54) is 12.8 Å². The smallest absolute Gasteiger partial charge is 0.119 e. The fraction of sp³-hybridized carbons (Fsp3) is 0.588. The molecule has 1 aromatic rings. The van der Waals surface area contributed by atoms with Crippen molar-refractivity contribution in [3.05, 3.63) is 30.3 Å². The van der Waals surface area contributed by atoms with E-state index in [4.69, 9.17) is 4.74 Å². The summed E-state index contributed by atoms with van der Waals surface area (Å²) in [5.74, 6) is 1.62. The molecule has 0 spiro atoms. The number of ether oxygens (including phenoxy) is 1. The fourth-order valence-electron chi connectivity index (χ4n) is 3.16. The Kier molecular flexibility index (Phi) is 4.85. The highest BCUT2D eigenvalue weighted by Gasteiger charge is 2.34. The second-order valence-corrected chi connectivity index (χ2v) is 5.86. The lowest BCUT2D eigenvalue weighted by atomic mass is 9.69. The Hall–Kier alpha value is -1.49. The zero-order chi connectivity index (χ0) is 13.6. The third-order valence-electron chi connectivity index (χ3n) is 4.14. The molecule has 2 rings (SSSR count). The minimum atomic E-state index is -0.0856. The van der Waals surface area contributed by atoms with E-state index in [-0.39, 0.29) is 5.41 Å². The van der Waals surface area contributed by atoms with Gasteiger partial charge in [-0.05, 0) is 43.7 Å². The van der Waals surface area contributed by atoms with Gasteiger partial charge in [-0.1, -0.05) is 38.0 Å². The van der Waals surface area contributed by atoms with Gasteiger partial charge in [0.2, 0.25) is 0 Å². The summed E-state index contributed by atoms with van der Waals surface area (Å²) in [6, 6.07) is 12.5. The maximum atomic E-state index is 9.48. The van der Waals surface area contributed by atoms with Crippen LogP contribution in [-0.4, -0.2) is 6.61 Å². The molecule has 0 bridgehead atoms. The van der Waals surface area contributed by atoms with Crippen LogP contribution in [0.4, 0.5) is 0 Å². The first kappa shape index (κ1) is 13.9. The monoisotopic (exact) mass is 257 g/mol. The normalized spacial score (nSPS) is 26.6. The Morgan fingerprint density at radius 3 is 2.84 bits per heavy atom. The largest absolute Gasteiger partial charge is 0.494 e. The van der Waals surface area contributed by atoms with Crippen molar-refractivity contribution in [2.24, 2.45) is 11.3 Å².